The number of benzene rings is 1. The zero-order valence-electron chi connectivity index (χ0n) is 10.2. The van der Waals surface area contributed by atoms with Crippen LogP contribution in [0.5, 0.6) is 0 Å². The van der Waals surface area contributed by atoms with Gasteiger partial charge in [-0.05, 0) is 24.3 Å². The average molecular weight is 268 g/mol. The van der Waals surface area contributed by atoms with Crippen LogP contribution >= 0.6 is 0 Å². The fourth-order valence-electron chi connectivity index (χ4n) is 1.27. The number of hydrogen-bond acceptors (Lipinski definition) is 3. The van der Waals surface area contributed by atoms with Crippen LogP contribution in [0.25, 0.3) is 0 Å². The maximum Gasteiger partial charge on any atom is 0.328 e. The highest BCUT2D eigenvalue weighted by atomic mass is 19.1. The number of anilines is 1. The van der Waals surface area contributed by atoms with Crippen molar-refractivity contribution >= 4 is 23.6 Å². The molecule has 0 atom stereocenters. The van der Waals surface area contributed by atoms with Crippen molar-refractivity contribution in [2.45, 2.75) is 12.8 Å². The van der Waals surface area contributed by atoms with Crippen molar-refractivity contribution in [1.82, 2.24) is 5.32 Å². The molecular formula is C12H13FN2O4. The highest BCUT2D eigenvalue weighted by Crippen LogP contribution is 2.12. The van der Waals surface area contributed by atoms with Gasteiger partial charge in [0.15, 0.2) is 0 Å². The van der Waals surface area contributed by atoms with Crippen molar-refractivity contribution in [3.63, 3.8) is 0 Å². The molecule has 0 heterocycles. The normalized spacial score (nSPS) is 9.79. The van der Waals surface area contributed by atoms with E-state index in [1.54, 1.807) is 0 Å². The van der Waals surface area contributed by atoms with E-state index in [1.807, 2.05) is 5.32 Å². The first kappa shape index (κ1) is 14.6. The molecule has 6 nitrogen and oxygen atoms in total. The maximum absolute atomic E-state index is 12.7. The smallest absolute Gasteiger partial charge is 0.328 e. The molecule has 1 aromatic carbocycles. The number of carboxylic acid groups (broad SMARTS) is 1. The third kappa shape index (κ3) is 4.74. The number of urea groups is 1. The quantitative estimate of drug-likeness (QED) is 0.863. The second-order valence-electron chi connectivity index (χ2n) is 3.78. The van der Waals surface area contributed by atoms with Gasteiger partial charge < -0.3 is 5.11 Å². The number of amides is 3. The Kier molecular flexibility index (Phi) is 4.99. The van der Waals surface area contributed by atoms with E-state index in [0.29, 0.717) is 5.69 Å². The molecule has 0 saturated heterocycles. The minimum Gasteiger partial charge on any atom is -0.481 e. The third-order valence-electron chi connectivity index (χ3n) is 2.33. The first-order valence-corrected chi connectivity index (χ1v) is 5.45. The molecule has 0 aliphatic rings. The molecule has 102 valence electrons. The van der Waals surface area contributed by atoms with Gasteiger partial charge >= 0.3 is 12.0 Å². The number of carboxylic acids is 1. The molecule has 0 fully saturated rings. The molecule has 7 heteroatoms. The van der Waals surface area contributed by atoms with E-state index in [9.17, 15) is 18.8 Å². The van der Waals surface area contributed by atoms with E-state index in [1.165, 1.54) is 31.3 Å². The lowest BCUT2D eigenvalue weighted by atomic mass is 10.3. The van der Waals surface area contributed by atoms with Gasteiger partial charge in [0.25, 0.3) is 0 Å². The minimum absolute atomic E-state index is 0.279. The lowest BCUT2D eigenvalue weighted by molar-refractivity contribution is -0.138. The molecule has 0 radical (unpaired) electrons. The predicted molar refractivity (Wildman–Crippen MR) is 65.2 cm³/mol. The van der Waals surface area contributed by atoms with Crippen LogP contribution in [0.3, 0.4) is 0 Å². The van der Waals surface area contributed by atoms with E-state index in [0.717, 1.165) is 4.90 Å². The Morgan fingerprint density at radius 3 is 2.32 bits per heavy atom. The van der Waals surface area contributed by atoms with Gasteiger partial charge in [0.2, 0.25) is 5.91 Å². The van der Waals surface area contributed by atoms with Gasteiger partial charge in [0.1, 0.15) is 5.82 Å². The van der Waals surface area contributed by atoms with E-state index in [-0.39, 0.29) is 12.8 Å². The number of imide groups is 1. The Bertz CT molecular complexity index is 487. The van der Waals surface area contributed by atoms with Gasteiger partial charge in [-0.25, -0.2) is 9.18 Å². The van der Waals surface area contributed by atoms with Crippen LogP contribution in [0, 0.1) is 5.82 Å². The third-order valence-corrected chi connectivity index (χ3v) is 2.33. The molecule has 0 unspecified atom stereocenters. The van der Waals surface area contributed by atoms with Crippen LogP contribution in [0.2, 0.25) is 0 Å². The van der Waals surface area contributed by atoms with Crippen molar-refractivity contribution in [2.75, 3.05) is 11.9 Å². The minimum atomic E-state index is -1.12. The van der Waals surface area contributed by atoms with Gasteiger partial charge in [-0.1, -0.05) is 0 Å². The number of aliphatic carboxylic acids is 1. The first-order chi connectivity index (χ1) is 8.90. The van der Waals surface area contributed by atoms with Crippen LogP contribution in [-0.4, -0.2) is 30.1 Å². The lowest BCUT2D eigenvalue weighted by Crippen LogP contribution is -2.40. The second kappa shape index (κ2) is 6.48. The molecule has 0 spiro atoms. The topological polar surface area (TPSA) is 86.7 Å². The van der Waals surface area contributed by atoms with Crippen molar-refractivity contribution in [2.24, 2.45) is 0 Å². The molecule has 0 aliphatic carbocycles. The van der Waals surface area contributed by atoms with Crippen LogP contribution in [-0.2, 0) is 9.59 Å². The maximum atomic E-state index is 12.7. The molecule has 0 aromatic heterocycles. The SMILES string of the molecule is CN(C(=O)NC(=O)CCC(=O)O)c1ccc(F)cc1. The number of carbonyl (C=O) groups excluding carboxylic acids is 2. The van der Waals surface area contributed by atoms with Gasteiger partial charge in [0, 0.05) is 19.2 Å². The number of carbonyl (C=O) groups is 3. The summed E-state index contributed by atoms with van der Waals surface area (Å²) in [5.41, 5.74) is 0.407. The Hall–Kier alpha value is -2.44. The summed E-state index contributed by atoms with van der Waals surface area (Å²) in [6.07, 6.45) is -0.627. The Morgan fingerprint density at radius 2 is 1.79 bits per heavy atom. The molecule has 3 amide bonds. The number of hydrogen-bond donors (Lipinski definition) is 2. The summed E-state index contributed by atoms with van der Waals surface area (Å²) in [5.74, 6) is -2.23. The van der Waals surface area contributed by atoms with Crippen molar-refractivity contribution in [3.8, 4) is 0 Å². The van der Waals surface area contributed by atoms with Gasteiger partial charge in [0.05, 0.1) is 6.42 Å². The highest BCUT2D eigenvalue weighted by Gasteiger charge is 2.14. The molecule has 1 aromatic rings. The van der Waals surface area contributed by atoms with E-state index >= 15 is 0 Å². The van der Waals surface area contributed by atoms with Crippen molar-refractivity contribution < 1.29 is 23.9 Å². The molecular weight excluding hydrogens is 255 g/mol. The fourth-order valence-corrected chi connectivity index (χ4v) is 1.27. The van der Waals surface area contributed by atoms with Crippen molar-refractivity contribution in [1.29, 1.82) is 0 Å². The van der Waals surface area contributed by atoms with Crippen LogP contribution in [0.1, 0.15) is 12.8 Å². The molecule has 0 bridgehead atoms. The molecule has 0 saturated carbocycles. The monoisotopic (exact) mass is 268 g/mol. The molecule has 0 aliphatic heterocycles. The highest BCUT2D eigenvalue weighted by molar-refractivity contribution is 6.02. The van der Waals surface area contributed by atoms with E-state index in [4.69, 9.17) is 5.11 Å². The number of rotatable bonds is 4. The zero-order chi connectivity index (χ0) is 14.4. The van der Waals surface area contributed by atoms with Gasteiger partial charge in [-0.2, -0.15) is 0 Å². The standard InChI is InChI=1S/C12H13FN2O4/c1-15(9-4-2-8(13)3-5-9)12(19)14-10(16)6-7-11(17)18/h2-5H,6-7H2,1H3,(H,17,18)(H,14,16,19). The van der Waals surface area contributed by atoms with Crippen LogP contribution in [0.4, 0.5) is 14.9 Å². The molecule has 19 heavy (non-hydrogen) atoms. The van der Waals surface area contributed by atoms with E-state index in [2.05, 4.69) is 0 Å². The lowest BCUT2D eigenvalue weighted by Gasteiger charge is -2.17. The molecule has 2 N–H and O–H groups in total. The average Bonchev–Trinajstić information content (AvgIpc) is 2.36. The number of nitrogens with one attached hydrogen (secondary N) is 1. The van der Waals surface area contributed by atoms with Crippen molar-refractivity contribution in [3.05, 3.63) is 30.1 Å². The Labute approximate surface area is 108 Å². The Morgan fingerprint density at radius 1 is 1.21 bits per heavy atom. The van der Waals surface area contributed by atoms with Gasteiger partial charge in [-0.15, -0.1) is 0 Å². The largest absolute Gasteiger partial charge is 0.481 e. The molecule has 1 rings (SSSR count). The van der Waals surface area contributed by atoms with Crippen LogP contribution in [0.15, 0.2) is 24.3 Å². The van der Waals surface area contributed by atoms with Gasteiger partial charge in [-0.3, -0.25) is 19.8 Å². The summed E-state index contributed by atoms with van der Waals surface area (Å²) >= 11 is 0. The second-order valence-corrected chi connectivity index (χ2v) is 3.78. The summed E-state index contributed by atoms with van der Waals surface area (Å²) in [6, 6.07) is 4.44. The fraction of sp³-hybridized carbons (Fsp3) is 0.250. The first-order valence-electron chi connectivity index (χ1n) is 5.45. The van der Waals surface area contributed by atoms with Crippen LogP contribution < -0.4 is 10.2 Å². The summed E-state index contributed by atoms with van der Waals surface area (Å²) in [6.45, 7) is 0. The zero-order valence-corrected chi connectivity index (χ0v) is 10.2. The summed E-state index contributed by atoms with van der Waals surface area (Å²) in [7, 11) is 1.41. The van der Waals surface area contributed by atoms with E-state index < -0.39 is 23.7 Å². The summed E-state index contributed by atoms with van der Waals surface area (Å²) in [4.78, 5) is 34.3. The number of halogens is 1. The predicted octanol–water partition coefficient (Wildman–Crippen LogP) is 1.36. The number of nitrogens with zero attached hydrogens (tertiary/aromatic N) is 1. The Balaban J connectivity index is 2.55. The summed E-state index contributed by atoms with van der Waals surface area (Å²) < 4.78 is 12.7. The summed E-state index contributed by atoms with van der Waals surface area (Å²) in [5, 5.41) is 10.4.